The van der Waals surface area contributed by atoms with E-state index in [4.69, 9.17) is 0 Å². The minimum Gasteiger partial charge on any atom is -0.365 e. The summed E-state index contributed by atoms with van der Waals surface area (Å²) in [5, 5.41) is 6.03. The van der Waals surface area contributed by atoms with Crippen LogP contribution in [0.2, 0.25) is 0 Å². The lowest BCUT2D eigenvalue weighted by Gasteiger charge is -2.72. The van der Waals surface area contributed by atoms with Gasteiger partial charge in [-0.15, -0.1) is 0 Å². The fourth-order valence-corrected chi connectivity index (χ4v) is 4.43. The number of rotatable bonds is 5. The van der Waals surface area contributed by atoms with E-state index in [1.807, 2.05) is 6.92 Å². The van der Waals surface area contributed by atoms with Crippen LogP contribution < -0.4 is 10.6 Å². The van der Waals surface area contributed by atoms with E-state index in [0.29, 0.717) is 11.5 Å². The van der Waals surface area contributed by atoms with Crippen LogP contribution in [0.5, 0.6) is 0 Å². The van der Waals surface area contributed by atoms with Crippen molar-refractivity contribution in [1.29, 1.82) is 0 Å². The standard InChI is InChI=1S/C20H19F4N3O/c1-12(17(28)26-15-5-3-14(21)4-6-15)18-9-19(10-18,11-18)27-16-7-2-13(8-25-16)20(22,23)24/h2-8,12H,9-11H2,1H3,(H,25,27)(H,26,28). The number of benzene rings is 1. The molecular formula is C20H19F4N3O. The zero-order valence-corrected chi connectivity index (χ0v) is 15.1. The monoisotopic (exact) mass is 393 g/mol. The van der Waals surface area contributed by atoms with E-state index in [9.17, 15) is 22.4 Å². The zero-order chi connectivity index (χ0) is 20.2. The van der Waals surface area contributed by atoms with Crippen LogP contribution in [0.1, 0.15) is 31.7 Å². The summed E-state index contributed by atoms with van der Waals surface area (Å²) in [6.45, 7) is 1.87. The molecule has 3 saturated carbocycles. The Bertz CT molecular complexity index is 873. The number of aromatic nitrogens is 1. The molecule has 3 fully saturated rings. The van der Waals surface area contributed by atoms with Gasteiger partial charge in [-0.1, -0.05) is 6.92 Å². The summed E-state index contributed by atoms with van der Waals surface area (Å²) in [4.78, 5) is 16.4. The maximum Gasteiger partial charge on any atom is 0.417 e. The maximum absolute atomic E-state index is 13.0. The third-order valence-electron chi connectivity index (χ3n) is 5.98. The Morgan fingerprint density at radius 3 is 2.29 bits per heavy atom. The number of amides is 1. The molecule has 2 aromatic rings. The first-order valence-electron chi connectivity index (χ1n) is 8.99. The number of alkyl halides is 3. The molecule has 3 aliphatic carbocycles. The van der Waals surface area contributed by atoms with Crippen molar-refractivity contribution >= 4 is 17.4 Å². The van der Waals surface area contributed by atoms with E-state index < -0.39 is 11.7 Å². The molecule has 5 rings (SSSR count). The summed E-state index contributed by atoms with van der Waals surface area (Å²) in [5.41, 5.74) is -0.537. The lowest BCUT2D eigenvalue weighted by atomic mass is 9.36. The third-order valence-corrected chi connectivity index (χ3v) is 5.98. The van der Waals surface area contributed by atoms with Crippen LogP contribution in [-0.4, -0.2) is 16.4 Å². The van der Waals surface area contributed by atoms with E-state index >= 15 is 0 Å². The summed E-state index contributed by atoms with van der Waals surface area (Å²) >= 11 is 0. The van der Waals surface area contributed by atoms with Gasteiger partial charge in [0.2, 0.25) is 5.91 Å². The van der Waals surface area contributed by atoms with E-state index in [-0.39, 0.29) is 28.6 Å². The predicted molar refractivity (Wildman–Crippen MR) is 96.1 cm³/mol. The second-order valence-electron chi connectivity index (χ2n) is 7.95. The number of nitrogens with zero attached hydrogens (tertiary/aromatic N) is 1. The number of hydrogen-bond acceptors (Lipinski definition) is 3. The summed E-state index contributed by atoms with van der Waals surface area (Å²) in [5.74, 6) is -0.297. The molecule has 0 saturated heterocycles. The Kier molecular flexibility index (Phi) is 4.13. The van der Waals surface area contributed by atoms with Gasteiger partial charge in [0, 0.05) is 23.3 Å². The van der Waals surface area contributed by atoms with Crippen molar-refractivity contribution < 1.29 is 22.4 Å². The van der Waals surface area contributed by atoms with Crippen LogP contribution >= 0.6 is 0 Å². The number of carbonyl (C=O) groups excluding carboxylic acids is 1. The normalized spacial score (nSPS) is 26.6. The first-order valence-corrected chi connectivity index (χ1v) is 8.99. The van der Waals surface area contributed by atoms with Gasteiger partial charge in [-0.05, 0) is 61.1 Å². The number of halogens is 4. The van der Waals surface area contributed by atoms with Gasteiger partial charge in [0.25, 0.3) is 0 Å². The first-order chi connectivity index (χ1) is 13.1. The van der Waals surface area contributed by atoms with Gasteiger partial charge in [0.1, 0.15) is 11.6 Å². The molecule has 4 nitrogen and oxygen atoms in total. The largest absolute Gasteiger partial charge is 0.417 e. The van der Waals surface area contributed by atoms with Crippen molar-refractivity contribution in [2.75, 3.05) is 10.6 Å². The summed E-state index contributed by atoms with van der Waals surface area (Å²) in [7, 11) is 0. The average Bonchev–Trinajstić information content (AvgIpc) is 2.58. The van der Waals surface area contributed by atoms with Gasteiger partial charge in [-0.2, -0.15) is 13.2 Å². The summed E-state index contributed by atoms with van der Waals surface area (Å²) < 4.78 is 50.8. The topological polar surface area (TPSA) is 54.0 Å². The van der Waals surface area contributed by atoms with Gasteiger partial charge in [-0.3, -0.25) is 4.79 Å². The highest BCUT2D eigenvalue weighted by molar-refractivity contribution is 5.93. The van der Waals surface area contributed by atoms with Crippen LogP contribution in [0.25, 0.3) is 0 Å². The lowest BCUT2D eigenvalue weighted by molar-refractivity contribution is -0.166. The molecule has 0 radical (unpaired) electrons. The fourth-order valence-electron chi connectivity index (χ4n) is 4.43. The summed E-state index contributed by atoms with van der Waals surface area (Å²) in [6, 6.07) is 7.95. The molecule has 1 aromatic heterocycles. The smallest absolute Gasteiger partial charge is 0.365 e. The number of nitrogens with one attached hydrogen (secondary N) is 2. The Morgan fingerprint density at radius 1 is 1.11 bits per heavy atom. The van der Waals surface area contributed by atoms with Crippen LogP contribution in [0.4, 0.5) is 29.1 Å². The van der Waals surface area contributed by atoms with Gasteiger partial charge in [0.05, 0.1) is 5.56 Å². The average molecular weight is 393 g/mol. The molecule has 148 valence electrons. The Labute approximate surface area is 159 Å². The highest BCUT2D eigenvalue weighted by Gasteiger charge is 2.70. The molecule has 1 amide bonds. The SMILES string of the molecule is CC(C(=O)Nc1ccc(F)cc1)C12CC(Nc3ccc(C(F)(F)F)cn3)(C1)C2. The van der Waals surface area contributed by atoms with Crippen molar-refractivity contribution in [2.45, 2.75) is 37.9 Å². The van der Waals surface area contributed by atoms with Crippen molar-refractivity contribution in [1.82, 2.24) is 4.98 Å². The maximum atomic E-state index is 13.0. The minimum absolute atomic E-state index is 0.108. The van der Waals surface area contributed by atoms with E-state index in [0.717, 1.165) is 31.5 Å². The van der Waals surface area contributed by atoms with Crippen LogP contribution in [0.15, 0.2) is 42.6 Å². The highest BCUT2D eigenvalue weighted by atomic mass is 19.4. The molecule has 0 spiro atoms. The lowest BCUT2D eigenvalue weighted by Crippen LogP contribution is -2.74. The molecular weight excluding hydrogens is 374 g/mol. The molecule has 1 heterocycles. The molecule has 8 heteroatoms. The van der Waals surface area contributed by atoms with Crippen LogP contribution in [0, 0.1) is 17.2 Å². The van der Waals surface area contributed by atoms with Crippen LogP contribution in [-0.2, 0) is 11.0 Å². The molecule has 3 aliphatic rings. The second-order valence-corrected chi connectivity index (χ2v) is 7.95. The molecule has 1 atom stereocenters. The van der Waals surface area contributed by atoms with E-state index in [1.54, 1.807) is 0 Å². The van der Waals surface area contributed by atoms with Gasteiger partial charge in [-0.25, -0.2) is 9.37 Å². The van der Waals surface area contributed by atoms with Gasteiger partial charge < -0.3 is 10.6 Å². The van der Waals surface area contributed by atoms with Crippen molar-refractivity contribution in [2.24, 2.45) is 11.3 Å². The van der Waals surface area contributed by atoms with Crippen molar-refractivity contribution in [3.63, 3.8) is 0 Å². The number of carbonyl (C=O) groups is 1. The molecule has 2 N–H and O–H groups in total. The fraction of sp³-hybridized carbons (Fsp3) is 0.400. The minimum atomic E-state index is -4.40. The predicted octanol–water partition coefficient (Wildman–Crippen LogP) is 4.85. The summed E-state index contributed by atoms with van der Waals surface area (Å²) in [6.07, 6.45) is -1.29. The third kappa shape index (κ3) is 3.21. The second kappa shape index (κ2) is 6.18. The molecule has 28 heavy (non-hydrogen) atoms. The van der Waals surface area contributed by atoms with E-state index in [2.05, 4.69) is 15.6 Å². The molecule has 1 aromatic carbocycles. The molecule has 1 unspecified atom stereocenters. The Hall–Kier alpha value is -2.64. The van der Waals surface area contributed by atoms with Gasteiger partial charge in [0.15, 0.2) is 0 Å². The number of anilines is 2. The molecule has 0 aliphatic heterocycles. The number of pyridine rings is 1. The molecule has 2 bridgehead atoms. The van der Waals surface area contributed by atoms with Crippen molar-refractivity contribution in [3.05, 3.63) is 54.0 Å². The Morgan fingerprint density at radius 2 is 1.75 bits per heavy atom. The zero-order valence-electron chi connectivity index (χ0n) is 15.1. The first kappa shape index (κ1) is 18.7. The van der Waals surface area contributed by atoms with Gasteiger partial charge >= 0.3 is 6.18 Å². The highest BCUT2D eigenvalue weighted by Crippen LogP contribution is 2.71. The Balaban J connectivity index is 1.33. The quantitative estimate of drug-likeness (QED) is 0.714. The van der Waals surface area contributed by atoms with Crippen LogP contribution in [0.3, 0.4) is 0 Å². The van der Waals surface area contributed by atoms with Crippen molar-refractivity contribution in [3.8, 4) is 0 Å². The van der Waals surface area contributed by atoms with E-state index in [1.165, 1.54) is 30.3 Å². The number of hydrogen-bond donors (Lipinski definition) is 2.